The number of hydrogen-bond acceptors (Lipinski definition) is 0. The first kappa shape index (κ1) is 13.6. The molecule has 2 aromatic carbocycles. The molecule has 0 bridgehead atoms. The number of aryl methyl sites for hydroxylation is 1. The van der Waals surface area contributed by atoms with Crippen molar-refractivity contribution in [2.75, 3.05) is 0 Å². The maximum Gasteiger partial charge on any atom is 0.202 e. The van der Waals surface area contributed by atoms with E-state index in [1.165, 1.54) is 22.3 Å². The lowest BCUT2D eigenvalue weighted by molar-refractivity contribution is -0.490. The van der Waals surface area contributed by atoms with Gasteiger partial charge in [0.2, 0.25) is 6.04 Å². The third-order valence-corrected chi connectivity index (χ3v) is 3.91. The Labute approximate surface area is 126 Å². The average Bonchev–Trinajstić information content (AvgIpc) is 2.56. The molecule has 2 aromatic rings. The van der Waals surface area contributed by atoms with Crippen molar-refractivity contribution in [3.8, 4) is 0 Å². The Morgan fingerprint density at radius 3 is 2.33 bits per heavy atom. The third-order valence-electron chi connectivity index (χ3n) is 3.91. The fraction of sp³-hybridized carbons (Fsp3) is 0.150. The van der Waals surface area contributed by atoms with Crippen LogP contribution in [-0.4, -0.2) is 10.8 Å². The fourth-order valence-corrected chi connectivity index (χ4v) is 2.67. The Morgan fingerprint density at radius 2 is 1.67 bits per heavy atom. The molecule has 1 aliphatic heterocycles. The van der Waals surface area contributed by atoms with Gasteiger partial charge in [-0.1, -0.05) is 60.2 Å². The van der Waals surface area contributed by atoms with E-state index in [0.29, 0.717) is 0 Å². The molecule has 104 valence electrons. The van der Waals surface area contributed by atoms with Gasteiger partial charge < -0.3 is 0 Å². The molecule has 0 fully saturated rings. The fourth-order valence-electron chi connectivity index (χ4n) is 2.67. The second kappa shape index (κ2) is 5.92. The van der Waals surface area contributed by atoms with Gasteiger partial charge in [0.15, 0.2) is 6.20 Å². The second-order valence-corrected chi connectivity index (χ2v) is 5.36. The van der Waals surface area contributed by atoms with E-state index in [9.17, 15) is 0 Å². The minimum atomic E-state index is 0.262. The molecular formula is C20H20N+. The van der Waals surface area contributed by atoms with Crippen molar-refractivity contribution in [1.82, 2.24) is 0 Å². The van der Waals surface area contributed by atoms with Gasteiger partial charge in [0.1, 0.15) is 6.21 Å². The molecule has 1 heteroatoms. The first-order valence-electron chi connectivity index (χ1n) is 7.37. The van der Waals surface area contributed by atoms with Gasteiger partial charge in [-0.25, -0.2) is 0 Å². The topological polar surface area (TPSA) is 3.01 Å². The van der Waals surface area contributed by atoms with E-state index < -0.39 is 0 Å². The molecule has 0 radical (unpaired) electrons. The lowest BCUT2D eigenvalue weighted by atomic mass is 9.96. The zero-order chi connectivity index (χ0) is 14.7. The van der Waals surface area contributed by atoms with E-state index in [0.717, 1.165) is 0 Å². The highest BCUT2D eigenvalue weighted by Crippen LogP contribution is 2.29. The highest BCUT2D eigenvalue weighted by atomic mass is 15.0. The Kier molecular flexibility index (Phi) is 3.83. The number of allylic oxidation sites excluding steroid dienone is 2. The number of hydrogen-bond donors (Lipinski definition) is 0. The molecule has 21 heavy (non-hydrogen) atoms. The van der Waals surface area contributed by atoms with Crippen molar-refractivity contribution < 1.29 is 4.58 Å². The molecule has 0 saturated heterocycles. The molecule has 1 nitrogen and oxygen atoms in total. The highest BCUT2D eigenvalue weighted by molar-refractivity contribution is 5.75. The van der Waals surface area contributed by atoms with Gasteiger partial charge >= 0.3 is 0 Å². The Balaban J connectivity index is 2.01. The second-order valence-electron chi connectivity index (χ2n) is 5.36. The van der Waals surface area contributed by atoms with Crippen molar-refractivity contribution >= 4 is 11.8 Å². The van der Waals surface area contributed by atoms with Crippen LogP contribution in [0.5, 0.6) is 0 Å². The number of rotatable bonds is 2. The van der Waals surface area contributed by atoms with Crippen molar-refractivity contribution in [2.24, 2.45) is 0 Å². The van der Waals surface area contributed by atoms with Gasteiger partial charge in [-0.15, -0.1) is 0 Å². The molecule has 0 N–H and O–H groups in total. The maximum atomic E-state index is 2.33. The highest BCUT2D eigenvalue weighted by Gasteiger charge is 2.22. The largest absolute Gasteiger partial charge is 0.202 e. The van der Waals surface area contributed by atoms with Gasteiger partial charge in [-0.05, 0) is 24.1 Å². The predicted octanol–water partition coefficient (Wildman–Crippen LogP) is 4.75. The van der Waals surface area contributed by atoms with E-state index >= 15 is 0 Å². The Bertz CT molecular complexity index is 703. The lowest BCUT2D eigenvalue weighted by Gasteiger charge is -2.16. The minimum absolute atomic E-state index is 0.262. The Morgan fingerprint density at radius 1 is 0.952 bits per heavy atom. The van der Waals surface area contributed by atoms with E-state index in [1.54, 1.807) is 0 Å². The number of benzene rings is 2. The standard InChI is InChI=1S/C20H20N/c1-3-21-14-13-19(17-11-9-16(2)10-12-17)15-20(21)18-7-5-4-6-8-18/h3-15,20H,1-2H3/q+1. The summed E-state index contributed by atoms with van der Waals surface area (Å²) >= 11 is 0. The van der Waals surface area contributed by atoms with Crippen LogP contribution in [0.3, 0.4) is 0 Å². The summed E-state index contributed by atoms with van der Waals surface area (Å²) in [6, 6.07) is 19.6. The first-order valence-corrected chi connectivity index (χ1v) is 7.37. The normalized spacial score (nSPS) is 19.6. The molecule has 1 aliphatic rings. The zero-order valence-electron chi connectivity index (χ0n) is 12.5. The smallest absolute Gasteiger partial charge is 0.198 e. The SMILES string of the molecule is CC=[N+]1C=CC(c2ccc(C)cc2)=CC1c1ccccc1. The molecule has 1 heterocycles. The van der Waals surface area contributed by atoms with Crippen molar-refractivity contribution in [1.29, 1.82) is 0 Å². The molecular weight excluding hydrogens is 254 g/mol. The summed E-state index contributed by atoms with van der Waals surface area (Å²) in [7, 11) is 0. The van der Waals surface area contributed by atoms with E-state index in [2.05, 4.69) is 97.6 Å². The number of nitrogens with zero attached hydrogens (tertiary/aromatic N) is 1. The molecule has 3 rings (SSSR count). The van der Waals surface area contributed by atoms with Gasteiger partial charge in [-0.2, -0.15) is 4.58 Å². The molecule has 0 saturated carbocycles. The zero-order valence-corrected chi connectivity index (χ0v) is 12.5. The average molecular weight is 274 g/mol. The lowest BCUT2D eigenvalue weighted by Crippen LogP contribution is -2.15. The van der Waals surface area contributed by atoms with Gasteiger partial charge in [-0.3, -0.25) is 0 Å². The first-order chi connectivity index (χ1) is 10.3. The van der Waals surface area contributed by atoms with Crippen LogP contribution in [-0.2, 0) is 0 Å². The summed E-state index contributed by atoms with van der Waals surface area (Å²) in [5, 5.41) is 0. The molecule has 1 unspecified atom stereocenters. The quantitative estimate of drug-likeness (QED) is 0.695. The van der Waals surface area contributed by atoms with E-state index in [1.807, 2.05) is 0 Å². The van der Waals surface area contributed by atoms with Gasteiger partial charge in [0.05, 0.1) is 0 Å². The van der Waals surface area contributed by atoms with Crippen LogP contribution >= 0.6 is 0 Å². The molecule has 0 spiro atoms. The van der Waals surface area contributed by atoms with E-state index in [-0.39, 0.29) is 6.04 Å². The van der Waals surface area contributed by atoms with E-state index in [4.69, 9.17) is 0 Å². The maximum absolute atomic E-state index is 2.33. The molecule has 1 atom stereocenters. The summed E-state index contributed by atoms with van der Waals surface area (Å²) in [5.74, 6) is 0. The van der Waals surface area contributed by atoms with Crippen LogP contribution in [0.4, 0.5) is 0 Å². The third kappa shape index (κ3) is 2.87. The van der Waals surface area contributed by atoms with Crippen LogP contribution in [0.2, 0.25) is 0 Å². The summed E-state index contributed by atoms with van der Waals surface area (Å²) < 4.78 is 2.24. The van der Waals surface area contributed by atoms with Crippen LogP contribution in [0.15, 0.2) is 72.9 Å². The van der Waals surface area contributed by atoms with Crippen molar-refractivity contribution in [3.63, 3.8) is 0 Å². The summed E-state index contributed by atoms with van der Waals surface area (Å²) in [4.78, 5) is 0. The molecule has 0 amide bonds. The van der Waals surface area contributed by atoms with Crippen LogP contribution in [0, 0.1) is 6.92 Å². The summed E-state index contributed by atoms with van der Waals surface area (Å²) in [6.45, 7) is 4.19. The van der Waals surface area contributed by atoms with Crippen LogP contribution < -0.4 is 0 Å². The predicted molar refractivity (Wildman–Crippen MR) is 89.5 cm³/mol. The Hall–Kier alpha value is -2.41. The van der Waals surface area contributed by atoms with Crippen molar-refractivity contribution in [2.45, 2.75) is 19.9 Å². The minimum Gasteiger partial charge on any atom is -0.198 e. The molecule has 0 aromatic heterocycles. The molecule has 0 aliphatic carbocycles. The van der Waals surface area contributed by atoms with Gasteiger partial charge in [0, 0.05) is 18.6 Å². The van der Waals surface area contributed by atoms with Crippen LogP contribution in [0.1, 0.15) is 29.7 Å². The van der Waals surface area contributed by atoms with Gasteiger partial charge in [0.25, 0.3) is 0 Å². The monoisotopic (exact) mass is 274 g/mol. The summed E-state index contributed by atoms with van der Waals surface area (Å²) in [6.07, 6.45) is 8.80. The van der Waals surface area contributed by atoms with Crippen molar-refractivity contribution in [3.05, 3.63) is 89.6 Å². The van der Waals surface area contributed by atoms with Crippen LogP contribution in [0.25, 0.3) is 5.57 Å². The summed E-state index contributed by atoms with van der Waals surface area (Å²) in [5.41, 5.74) is 5.15.